The molecule has 3 aromatic carbocycles. The van der Waals surface area contributed by atoms with Gasteiger partial charge in [0.25, 0.3) is 0 Å². The molecule has 0 aromatic heterocycles. The lowest BCUT2D eigenvalue weighted by atomic mass is 9.73. The average molecular weight is 587 g/mol. The Morgan fingerprint density at radius 3 is 2.42 bits per heavy atom. The number of likely N-dealkylation sites (N-methyl/N-ethyl adjacent to an activating group) is 1. The van der Waals surface area contributed by atoms with Gasteiger partial charge in [-0.3, -0.25) is 14.5 Å². The number of aryl methyl sites for hydroxylation is 1. The van der Waals surface area contributed by atoms with E-state index in [9.17, 15) is 14.7 Å². The Balaban J connectivity index is 1.43. The molecular formula is C33H34N2O8. The number of benzene rings is 3. The number of ether oxygens (including phenoxy) is 5. The Morgan fingerprint density at radius 1 is 0.977 bits per heavy atom. The summed E-state index contributed by atoms with van der Waals surface area (Å²) in [5.41, 5.74) is 4.72. The smallest absolute Gasteiger partial charge is 0.241 e. The molecule has 1 saturated heterocycles. The Bertz CT molecular complexity index is 1660. The molecule has 1 N–H and O–H groups in total. The summed E-state index contributed by atoms with van der Waals surface area (Å²) >= 11 is 0. The fourth-order valence-corrected chi connectivity index (χ4v) is 7.51. The second-order valence-corrected chi connectivity index (χ2v) is 11.6. The van der Waals surface area contributed by atoms with Crippen LogP contribution in [0, 0.1) is 13.8 Å². The van der Waals surface area contributed by atoms with Crippen LogP contribution in [0.25, 0.3) is 0 Å². The fraction of sp³-hybridized carbons (Fsp3) is 0.394. The van der Waals surface area contributed by atoms with E-state index in [1.165, 1.54) is 14.2 Å². The van der Waals surface area contributed by atoms with Gasteiger partial charge in [0.05, 0.1) is 51.1 Å². The van der Waals surface area contributed by atoms with Crippen molar-refractivity contribution in [2.45, 2.75) is 51.0 Å². The molecule has 7 rings (SSSR count). The van der Waals surface area contributed by atoms with E-state index in [0.717, 1.165) is 16.7 Å². The van der Waals surface area contributed by atoms with Crippen LogP contribution in [0.15, 0.2) is 36.4 Å². The van der Waals surface area contributed by atoms with Crippen LogP contribution in [0.2, 0.25) is 0 Å². The molecule has 2 bridgehead atoms. The molecule has 0 radical (unpaired) electrons. The Morgan fingerprint density at radius 2 is 1.70 bits per heavy atom. The van der Waals surface area contributed by atoms with Gasteiger partial charge in [0, 0.05) is 16.7 Å². The van der Waals surface area contributed by atoms with Gasteiger partial charge >= 0.3 is 0 Å². The minimum atomic E-state index is -0.961. The molecular weight excluding hydrogens is 552 g/mol. The van der Waals surface area contributed by atoms with Crippen LogP contribution in [0.5, 0.6) is 28.7 Å². The summed E-state index contributed by atoms with van der Waals surface area (Å²) < 4.78 is 29.5. The summed E-state index contributed by atoms with van der Waals surface area (Å²) in [4.78, 5) is 32.9. The molecule has 1 amide bonds. The van der Waals surface area contributed by atoms with Crippen LogP contribution in [0.4, 0.5) is 0 Å². The third-order valence-corrected chi connectivity index (χ3v) is 9.36. The SMILES string of the molecule is COc1c(C)cc2c(c1O)C1C3C(=O)c4c(OC)c(C)c5c(c4[C@H](COCc4ccccc4)N3C(=O)[C@H](C2)N1C)OCO5. The summed E-state index contributed by atoms with van der Waals surface area (Å²) in [6, 6.07) is 8.93. The van der Waals surface area contributed by atoms with E-state index in [1.54, 1.807) is 4.90 Å². The van der Waals surface area contributed by atoms with Crippen molar-refractivity contribution in [3.8, 4) is 28.7 Å². The number of phenolic OH excluding ortho intramolecular Hbond substituents is 1. The number of nitrogens with zero attached hydrogens (tertiary/aromatic N) is 2. The second kappa shape index (κ2) is 10.2. The predicted octanol–water partition coefficient (Wildman–Crippen LogP) is 4.02. The highest BCUT2D eigenvalue weighted by molar-refractivity contribution is 6.10. The number of amides is 1. The molecule has 2 unspecified atom stereocenters. The number of carbonyl (C=O) groups excluding carboxylic acids is 2. The van der Waals surface area contributed by atoms with Crippen molar-refractivity contribution in [3.63, 3.8) is 0 Å². The van der Waals surface area contributed by atoms with Crippen molar-refractivity contribution in [2.75, 3.05) is 34.7 Å². The number of hydrogen-bond donors (Lipinski definition) is 1. The Kier molecular flexibility index (Phi) is 6.51. The molecule has 0 aliphatic carbocycles. The normalized spacial score (nSPS) is 23.5. The lowest BCUT2D eigenvalue weighted by Gasteiger charge is -2.56. The van der Waals surface area contributed by atoms with Gasteiger partial charge in [0.2, 0.25) is 12.7 Å². The lowest BCUT2D eigenvalue weighted by molar-refractivity contribution is -0.156. The van der Waals surface area contributed by atoms with Gasteiger partial charge in [-0.05, 0) is 44.0 Å². The fourth-order valence-electron chi connectivity index (χ4n) is 7.51. The van der Waals surface area contributed by atoms with Crippen LogP contribution in [-0.2, 0) is 22.6 Å². The summed E-state index contributed by atoms with van der Waals surface area (Å²) in [7, 11) is 4.87. The highest BCUT2D eigenvalue weighted by Crippen LogP contribution is 2.57. The summed E-state index contributed by atoms with van der Waals surface area (Å²) in [6.45, 7) is 4.12. The number of hydrogen-bond acceptors (Lipinski definition) is 9. The minimum Gasteiger partial charge on any atom is -0.504 e. The van der Waals surface area contributed by atoms with E-state index < -0.39 is 24.2 Å². The number of fused-ring (bicyclic) bond motifs is 9. The van der Waals surface area contributed by atoms with E-state index in [4.69, 9.17) is 23.7 Å². The summed E-state index contributed by atoms with van der Waals surface area (Å²) in [5, 5.41) is 11.5. The number of piperazine rings is 1. The van der Waals surface area contributed by atoms with Gasteiger partial charge in [-0.15, -0.1) is 0 Å². The summed E-state index contributed by atoms with van der Waals surface area (Å²) in [6.07, 6.45) is 0.385. The molecule has 4 aliphatic heterocycles. The maximum absolute atomic E-state index is 14.8. The van der Waals surface area contributed by atoms with Gasteiger partial charge in [-0.2, -0.15) is 0 Å². The highest BCUT2D eigenvalue weighted by atomic mass is 16.7. The number of ketones is 1. The zero-order valence-corrected chi connectivity index (χ0v) is 24.8. The molecule has 4 aliphatic rings. The number of rotatable bonds is 6. The number of carbonyl (C=O) groups is 2. The van der Waals surface area contributed by atoms with Crippen LogP contribution in [0.1, 0.15) is 55.8 Å². The maximum atomic E-state index is 14.8. The topological polar surface area (TPSA) is 107 Å². The monoisotopic (exact) mass is 586 g/mol. The van der Waals surface area contributed by atoms with E-state index in [1.807, 2.05) is 62.2 Å². The first-order chi connectivity index (χ1) is 20.8. The quantitative estimate of drug-likeness (QED) is 0.458. The minimum absolute atomic E-state index is 0.00663. The van der Waals surface area contributed by atoms with Gasteiger partial charge in [0.15, 0.2) is 28.8 Å². The van der Waals surface area contributed by atoms with Crippen molar-refractivity contribution >= 4 is 11.7 Å². The molecule has 224 valence electrons. The molecule has 4 heterocycles. The highest BCUT2D eigenvalue weighted by Gasteiger charge is 2.59. The molecule has 4 atom stereocenters. The zero-order valence-electron chi connectivity index (χ0n) is 24.8. The summed E-state index contributed by atoms with van der Waals surface area (Å²) in [5.74, 6) is 1.20. The molecule has 3 aromatic rings. The molecule has 10 nitrogen and oxygen atoms in total. The Hall–Kier alpha value is -4.28. The maximum Gasteiger partial charge on any atom is 0.241 e. The van der Waals surface area contributed by atoms with Gasteiger partial charge in [0.1, 0.15) is 11.8 Å². The molecule has 1 fully saturated rings. The molecule has 10 heteroatoms. The van der Waals surface area contributed by atoms with E-state index >= 15 is 0 Å². The number of aromatic hydroxyl groups is 1. The van der Waals surface area contributed by atoms with Gasteiger partial charge < -0.3 is 33.7 Å². The van der Waals surface area contributed by atoms with Crippen LogP contribution >= 0.6 is 0 Å². The third kappa shape index (κ3) is 3.86. The van der Waals surface area contributed by atoms with Crippen molar-refractivity contribution in [1.82, 2.24) is 9.80 Å². The lowest BCUT2D eigenvalue weighted by Crippen LogP contribution is -2.68. The molecule has 0 saturated carbocycles. The van der Waals surface area contributed by atoms with Crippen molar-refractivity contribution in [2.24, 2.45) is 0 Å². The number of phenols is 1. The zero-order chi connectivity index (χ0) is 30.2. The Labute approximate surface area is 249 Å². The van der Waals surface area contributed by atoms with Crippen molar-refractivity contribution in [1.29, 1.82) is 0 Å². The van der Waals surface area contributed by atoms with Crippen molar-refractivity contribution in [3.05, 3.63) is 75.3 Å². The number of Topliss-reactive ketones (excluding diaryl/α,β-unsaturated/α-hetero) is 1. The van der Waals surface area contributed by atoms with Crippen LogP contribution in [0.3, 0.4) is 0 Å². The van der Waals surface area contributed by atoms with Crippen LogP contribution < -0.4 is 18.9 Å². The second-order valence-electron chi connectivity index (χ2n) is 11.6. The van der Waals surface area contributed by atoms with Crippen LogP contribution in [-0.4, -0.2) is 73.3 Å². The first-order valence-electron chi connectivity index (χ1n) is 14.4. The molecule has 43 heavy (non-hydrogen) atoms. The number of methoxy groups -OCH3 is 2. The standard InChI is InChI=1S/C33H34N2O8/c1-16-11-19-12-20-33(38)35-21(14-41-13-18-9-7-6-8-10-18)23-24(30(40-5)17(2)31-32(23)43-15-42-31)27(36)26(35)25(34(20)3)22(19)28(37)29(16)39-4/h6-11,20-21,25-26,37H,12-15H2,1-5H3/t20-,21-,25?,26?/m0/s1. The van der Waals surface area contributed by atoms with E-state index in [2.05, 4.69) is 0 Å². The van der Waals surface area contributed by atoms with E-state index in [0.29, 0.717) is 58.3 Å². The first-order valence-corrected chi connectivity index (χ1v) is 14.4. The molecule has 0 spiro atoms. The average Bonchev–Trinajstić information content (AvgIpc) is 3.49. The largest absolute Gasteiger partial charge is 0.504 e. The van der Waals surface area contributed by atoms with Gasteiger partial charge in [-0.1, -0.05) is 36.4 Å². The van der Waals surface area contributed by atoms with E-state index in [-0.39, 0.29) is 30.8 Å². The van der Waals surface area contributed by atoms with Crippen molar-refractivity contribution < 1.29 is 38.4 Å². The van der Waals surface area contributed by atoms with Gasteiger partial charge in [-0.25, -0.2) is 0 Å². The third-order valence-electron chi connectivity index (χ3n) is 9.36. The first kappa shape index (κ1) is 27.5. The predicted molar refractivity (Wildman–Crippen MR) is 155 cm³/mol.